The summed E-state index contributed by atoms with van der Waals surface area (Å²) in [7, 11) is 1.28. The summed E-state index contributed by atoms with van der Waals surface area (Å²) in [6.45, 7) is 0.130. The molecule has 0 aromatic heterocycles. The van der Waals surface area contributed by atoms with Gasteiger partial charge in [0, 0.05) is 7.05 Å². The Bertz CT molecular complexity index is 161. The summed E-state index contributed by atoms with van der Waals surface area (Å²) in [6, 6.07) is 0. The van der Waals surface area contributed by atoms with E-state index in [4.69, 9.17) is 0 Å². The van der Waals surface area contributed by atoms with Crippen molar-refractivity contribution in [2.75, 3.05) is 13.6 Å². The molecule has 0 saturated carbocycles. The monoisotopic (exact) mass is 151 g/mol. The highest BCUT2D eigenvalue weighted by Gasteiger charge is 2.38. The molecule has 1 aliphatic heterocycles. The zero-order chi connectivity index (χ0) is 7.78. The van der Waals surface area contributed by atoms with Crippen LogP contribution < -0.4 is 5.43 Å². The van der Waals surface area contributed by atoms with Gasteiger partial charge in [-0.2, -0.15) is 13.2 Å². The van der Waals surface area contributed by atoms with Gasteiger partial charge in [-0.1, -0.05) is 0 Å². The van der Waals surface area contributed by atoms with Gasteiger partial charge in [-0.25, -0.2) is 0 Å². The molecule has 0 aromatic carbocycles. The van der Waals surface area contributed by atoms with E-state index in [0.717, 1.165) is 11.1 Å². The van der Waals surface area contributed by atoms with Crippen LogP contribution in [-0.4, -0.2) is 24.8 Å². The van der Waals surface area contributed by atoms with E-state index in [0.29, 0.717) is 0 Å². The summed E-state index contributed by atoms with van der Waals surface area (Å²) in [4.78, 5) is 0. The van der Waals surface area contributed by atoms with Gasteiger partial charge in [0.05, 0.1) is 6.54 Å². The Hall–Kier alpha value is -0.710. The summed E-state index contributed by atoms with van der Waals surface area (Å²) in [5, 5.41) is 0.847. The molecule has 1 rings (SSSR count). The Kier molecular flexibility index (Phi) is 1.60. The van der Waals surface area contributed by atoms with Crippen molar-refractivity contribution in [3.63, 3.8) is 0 Å². The summed E-state index contributed by atoms with van der Waals surface area (Å²) < 4.78 is 35.5. The van der Waals surface area contributed by atoms with Crippen LogP contribution in [0, 0.1) is 0 Å². The zero-order valence-electron chi connectivity index (χ0n) is 5.31. The van der Waals surface area contributed by atoms with Gasteiger partial charge in [0.2, 0.25) is 0 Å². The van der Waals surface area contributed by atoms with Crippen LogP contribution in [0.3, 0.4) is 0 Å². The normalized spacial score (nSPS) is 19.6. The lowest BCUT2D eigenvalue weighted by molar-refractivity contribution is -0.110. The third-order valence-electron chi connectivity index (χ3n) is 1.22. The first-order chi connectivity index (χ1) is 4.52. The Morgan fingerprint density at radius 1 is 1.60 bits per heavy atom. The Morgan fingerprint density at radius 3 is 2.40 bits per heavy atom. The number of hydrogen-bond donors (Lipinski definition) is 0. The molecule has 1 aliphatic rings. The lowest BCUT2D eigenvalue weighted by atomic mass is 10.4. The van der Waals surface area contributed by atoms with Gasteiger partial charge in [0.15, 0.2) is 0 Å². The minimum Gasteiger partial charge on any atom is -0.289 e. The summed E-state index contributed by atoms with van der Waals surface area (Å²) in [5.74, 6) is 0. The first-order valence-corrected chi connectivity index (χ1v) is 2.70. The largest absolute Gasteiger partial charge is 0.432 e. The van der Waals surface area contributed by atoms with Gasteiger partial charge >= 0.3 is 6.18 Å². The van der Waals surface area contributed by atoms with Crippen molar-refractivity contribution in [1.82, 2.24) is 10.4 Å². The molecule has 57 valence electrons. The second-order valence-corrected chi connectivity index (χ2v) is 1.93. The number of halogens is 3. The van der Waals surface area contributed by atoms with Crippen LogP contribution in [0.4, 0.5) is 13.2 Å². The smallest absolute Gasteiger partial charge is 0.289 e. The molecule has 5 heteroatoms. The topological polar surface area (TPSA) is 17.3 Å². The minimum absolute atomic E-state index is 0.130. The molecule has 0 unspecified atom stereocenters. The van der Waals surface area contributed by atoms with Crippen LogP contribution >= 0.6 is 0 Å². The second-order valence-electron chi connectivity index (χ2n) is 1.93. The lowest BCUT2D eigenvalue weighted by Gasteiger charge is -2.16. The van der Waals surface area contributed by atoms with Crippen molar-refractivity contribution in [3.8, 4) is 0 Å². The van der Waals surface area contributed by atoms with Gasteiger partial charge < -0.3 is 0 Å². The van der Waals surface area contributed by atoms with Crippen LogP contribution in [0.2, 0.25) is 0 Å². The Morgan fingerprint density at radius 2 is 2.20 bits per heavy atom. The molecule has 0 saturated heterocycles. The van der Waals surface area contributed by atoms with Crippen molar-refractivity contribution in [1.29, 1.82) is 0 Å². The fourth-order valence-electron chi connectivity index (χ4n) is 0.757. The second kappa shape index (κ2) is 2.16. The average molecular weight is 151 g/mol. The van der Waals surface area contributed by atoms with Gasteiger partial charge in [-0.3, -0.25) is 5.01 Å². The van der Waals surface area contributed by atoms with Gasteiger partial charge in [0.25, 0.3) is 0 Å². The number of nitrogens with zero attached hydrogens (tertiary/aromatic N) is 2. The maximum absolute atomic E-state index is 11.8. The molecule has 0 spiro atoms. The third kappa shape index (κ3) is 1.23. The molecule has 1 heterocycles. The fraction of sp³-hybridized carbons (Fsp3) is 0.600. The van der Waals surface area contributed by atoms with E-state index in [1.165, 1.54) is 7.05 Å². The van der Waals surface area contributed by atoms with Crippen LogP contribution in [0.15, 0.2) is 11.8 Å². The highest BCUT2D eigenvalue weighted by Crippen LogP contribution is 2.28. The summed E-state index contributed by atoms with van der Waals surface area (Å²) >= 11 is 0. The molecule has 0 fully saturated rings. The van der Waals surface area contributed by atoms with E-state index in [-0.39, 0.29) is 6.54 Å². The van der Waals surface area contributed by atoms with Crippen LogP contribution in [0.1, 0.15) is 0 Å². The summed E-state index contributed by atoms with van der Waals surface area (Å²) in [6.07, 6.45) is -3.20. The minimum atomic E-state index is -4.26. The molecule has 0 atom stereocenters. The predicted molar refractivity (Wildman–Crippen MR) is 28.9 cm³/mol. The van der Waals surface area contributed by atoms with E-state index in [1.807, 2.05) is 0 Å². The van der Waals surface area contributed by atoms with Gasteiger partial charge in [-0.05, 0) is 6.08 Å². The number of rotatable bonds is 0. The van der Waals surface area contributed by atoms with Crippen molar-refractivity contribution in [2.45, 2.75) is 6.18 Å². The quantitative estimate of drug-likeness (QED) is 0.502. The standard InChI is InChI=1S/C5H6F3N2/c1-10-4(2-3-9-10)5(6,7)8/h2H,3H2,1H3. The molecular formula is C5H6F3N2. The number of alkyl halides is 3. The van der Waals surface area contributed by atoms with Crippen molar-refractivity contribution in [3.05, 3.63) is 11.8 Å². The van der Waals surface area contributed by atoms with Gasteiger partial charge in [-0.15, -0.1) is 5.43 Å². The number of allylic oxidation sites excluding steroid dienone is 1. The fourth-order valence-corrected chi connectivity index (χ4v) is 0.757. The molecule has 0 amide bonds. The number of hydrogen-bond acceptors (Lipinski definition) is 1. The Balaban J connectivity index is 2.72. The van der Waals surface area contributed by atoms with Crippen molar-refractivity contribution >= 4 is 0 Å². The molecule has 0 aliphatic carbocycles. The molecule has 0 bridgehead atoms. The highest BCUT2D eigenvalue weighted by molar-refractivity contribution is 5.10. The molecular weight excluding hydrogens is 145 g/mol. The SMILES string of the molecule is CN1[N]CC=C1C(F)(F)F. The molecule has 0 aromatic rings. The van der Waals surface area contributed by atoms with Crippen LogP contribution in [0.5, 0.6) is 0 Å². The van der Waals surface area contributed by atoms with E-state index in [9.17, 15) is 13.2 Å². The first kappa shape index (κ1) is 7.40. The zero-order valence-corrected chi connectivity index (χ0v) is 5.31. The van der Waals surface area contributed by atoms with Crippen LogP contribution in [0.25, 0.3) is 0 Å². The summed E-state index contributed by atoms with van der Waals surface area (Å²) in [5.41, 5.74) is 2.83. The Labute approximate surface area is 56.3 Å². The maximum Gasteiger partial charge on any atom is 0.432 e. The molecule has 0 N–H and O–H groups in total. The van der Waals surface area contributed by atoms with E-state index >= 15 is 0 Å². The first-order valence-electron chi connectivity index (χ1n) is 2.70. The van der Waals surface area contributed by atoms with E-state index in [1.54, 1.807) is 0 Å². The predicted octanol–water partition coefficient (Wildman–Crippen LogP) is 0.897. The maximum atomic E-state index is 11.8. The molecule has 2 nitrogen and oxygen atoms in total. The van der Waals surface area contributed by atoms with E-state index in [2.05, 4.69) is 5.43 Å². The molecule has 1 radical (unpaired) electrons. The third-order valence-corrected chi connectivity index (χ3v) is 1.22. The van der Waals surface area contributed by atoms with Gasteiger partial charge in [0.1, 0.15) is 5.70 Å². The lowest BCUT2D eigenvalue weighted by Crippen LogP contribution is -2.28. The van der Waals surface area contributed by atoms with Crippen molar-refractivity contribution in [2.24, 2.45) is 0 Å². The van der Waals surface area contributed by atoms with Crippen molar-refractivity contribution < 1.29 is 13.2 Å². The average Bonchev–Trinajstić information content (AvgIpc) is 2.11. The highest BCUT2D eigenvalue weighted by atomic mass is 19.4. The molecule has 10 heavy (non-hydrogen) atoms. The van der Waals surface area contributed by atoms with Crippen LogP contribution in [-0.2, 0) is 0 Å². The van der Waals surface area contributed by atoms with E-state index < -0.39 is 11.9 Å².